The molecule has 0 atom stereocenters. The zero-order valence-corrected chi connectivity index (χ0v) is 22.2. The molecule has 0 radical (unpaired) electrons. The van der Waals surface area contributed by atoms with Crippen LogP contribution in [0.2, 0.25) is 0 Å². The van der Waals surface area contributed by atoms with Gasteiger partial charge >= 0.3 is 5.97 Å². The molecule has 0 spiro atoms. The van der Waals surface area contributed by atoms with E-state index in [4.69, 9.17) is 9.84 Å². The van der Waals surface area contributed by atoms with E-state index in [1.807, 2.05) is 17.8 Å². The topological polar surface area (TPSA) is 99.1 Å². The maximum Gasteiger partial charge on any atom is 0.349 e. The summed E-state index contributed by atoms with van der Waals surface area (Å²) in [5.74, 6) is -1.51. The van der Waals surface area contributed by atoms with E-state index in [1.165, 1.54) is 34.8 Å². The number of esters is 1. The molecular formula is C27H31FN2O5S2. The second-order valence-electron chi connectivity index (χ2n) is 9.25. The van der Waals surface area contributed by atoms with E-state index in [1.54, 1.807) is 30.3 Å². The zero-order chi connectivity index (χ0) is 26.4. The van der Waals surface area contributed by atoms with Gasteiger partial charge in [0.05, 0.1) is 22.0 Å². The van der Waals surface area contributed by atoms with Gasteiger partial charge in [-0.2, -0.15) is 0 Å². The van der Waals surface area contributed by atoms with Crippen molar-refractivity contribution in [3.8, 4) is 0 Å². The van der Waals surface area contributed by atoms with Crippen molar-refractivity contribution in [2.24, 2.45) is 0 Å². The maximum absolute atomic E-state index is 14.1. The van der Waals surface area contributed by atoms with E-state index in [0.717, 1.165) is 12.8 Å². The number of nitrogens with zero attached hydrogens (tertiary/aromatic N) is 1. The van der Waals surface area contributed by atoms with E-state index in [0.29, 0.717) is 34.7 Å². The Morgan fingerprint density at radius 2 is 1.76 bits per heavy atom. The third-order valence-electron chi connectivity index (χ3n) is 6.77. The Kier molecular flexibility index (Phi) is 9.09. The second kappa shape index (κ2) is 12.3. The van der Waals surface area contributed by atoms with Crippen molar-refractivity contribution in [2.45, 2.75) is 56.5 Å². The molecule has 1 aliphatic rings. The average molecular weight is 547 g/mol. The van der Waals surface area contributed by atoms with Gasteiger partial charge in [-0.05, 0) is 73.3 Å². The predicted octanol–water partition coefficient (Wildman–Crippen LogP) is 4.49. The summed E-state index contributed by atoms with van der Waals surface area (Å²) in [5.41, 5.74) is -1.27. The van der Waals surface area contributed by atoms with Crippen molar-refractivity contribution in [3.63, 3.8) is 0 Å². The summed E-state index contributed by atoms with van der Waals surface area (Å²) >= 11 is 2.64. The highest BCUT2D eigenvalue weighted by atomic mass is 32.1. The predicted molar refractivity (Wildman–Crippen MR) is 142 cm³/mol. The van der Waals surface area contributed by atoms with Crippen molar-refractivity contribution < 1.29 is 28.9 Å². The quantitative estimate of drug-likeness (QED) is 0.324. The Hall–Kier alpha value is -2.63. The molecule has 4 rings (SSSR count). The maximum atomic E-state index is 14.1. The number of hydrogen-bond acceptors (Lipinski definition) is 8. The van der Waals surface area contributed by atoms with Crippen LogP contribution in [0.3, 0.4) is 0 Å². The fraction of sp³-hybridized carbons (Fsp3) is 0.407. The standard InChI is InChI=1S/C27H31FN2O5S2/c1-30(13-12-25(32)29-22-11-6-18(17-31)16-21(22)28)19-7-9-20(10-8-19)35-26(33)27(34,23-4-2-14-36-23)24-5-3-15-37-24/h2-6,11,14-16,19-20,31,34H,7-10,12-13,17H2,1H3,(H,29,32). The lowest BCUT2D eigenvalue weighted by Gasteiger charge is -2.35. The summed E-state index contributed by atoms with van der Waals surface area (Å²) in [6, 6.07) is 11.5. The third-order valence-corrected chi connectivity index (χ3v) is 8.73. The molecule has 2 aromatic heterocycles. The van der Waals surface area contributed by atoms with Crippen LogP contribution >= 0.6 is 22.7 Å². The number of anilines is 1. The van der Waals surface area contributed by atoms with Gasteiger partial charge in [-0.25, -0.2) is 9.18 Å². The lowest BCUT2D eigenvalue weighted by atomic mass is 9.91. The summed E-state index contributed by atoms with van der Waals surface area (Å²) < 4.78 is 19.9. The van der Waals surface area contributed by atoms with Crippen LogP contribution in [0.1, 0.15) is 47.4 Å². The van der Waals surface area contributed by atoms with Crippen LogP contribution in [0.15, 0.2) is 53.2 Å². The van der Waals surface area contributed by atoms with Crippen molar-refractivity contribution in [1.82, 2.24) is 4.90 Å². The van der Waals surface area contributed by atoms with Crippen molar-refractivity contribution in [1.29, 1.82) is 0 Å². The largest absolute Gasteiger partial charge is 0.460 e. The number of hydrogen-bond donors (Lipinski definition) is 3. The minimum atomic E-state index is -1.80. The number of aliphatic hydroxyl groups is 2. The Morgan fingerprint density at radius 1 is 1.11 bits per heavy atom. The molecule has 2 heterocycles. The molecule has 1 saturated carbocycles. The molecule has 0 aliphatic heterocycles. The molecule has 10 heteroatoms. The minimum Gasteiger partial charge on any atom is -0.460 e. The summed E-state index contributed by atoms with van der Waals surface area (Å²) in [6.45, 7) is 0.245. The van der Waals surface area contributed by atoms with Gasteiger partial charge in [-0.3, -0.25) is 4.79 Å². The number of ether oxygens (including phenoxy) is 1. The minimum absolute atomic E-state index is 0.0947. The van der Waals surface area contributed by atoms with Gasteiger partial charge in [0.2, 0.25) is 11.5 Å². The summed E-state index contributed by atoms with van der Waals surface area (Å²) in [4.78, 5) is 28.7. The molecule has 3 N–H and O–H groups in total. The Balaban J connectivity index is 1.25. The Labute approximate surface area is 223 Å². The van der Waals surface area contributed by atoms with E-state index in [-0.39, 0.29) is 36.8 Å². The molecule has 0 unspecified atom stereocenters. The number of rotatable bonds is 10. The van der Waals surface area contributed by atoms with Gasteiger partial charge in [0.1, 0.15) is 11.9 Å². The van der Waals surface area contributed by atoms with Crippen LogP contribution in [0.5, 0.6) is 0 Å². The number of amides is 1. The van der Waals surface area contributed by atoms with E-state index in [2.05, 4.69) is 10.2 Å². The Morgan fingerprint density at radius 3 is 2.30 bits per heavy atom. The highest BCUT2D eigenvalue weighted by Crippen LogP contribution is 2.38. The molecule has 1 fully saturated rings. The second-order valence-corrected chi connectivity index (χ2v) is 11.1. The molecule has 0 saturated heterocycles. The number of aliphatic hydroxyl groups excluding tert-OH is 1. The van der Waals surface area contributed by atoms with Crippen LogP contribution < -0.4 is 5.32 Å². The van der Waals surface area contributed by atoms with Gasteiger partial charge in [0.15, 0.2) is 0 Å². The average Bonchev–Trinajstić information content (AvgIpc) is 3.64. The fourth-order valence-electron chi connectivity index (χ4n) is 4.56. The SMILES string of the molecule is CN(CCC(=O)Nc1ccc(CO)cc1F)C1CCC(OC(=O)C(O)(c2cccs2)c2cccs2)CC1. The molecule has 198 valence electrons. The first-order chi connectivity index (χ1) is 17.8. The van der Waals surface area contributed by atoms with Crippen molar-refractivity contribution in [2.75, 3.05) is 18.9 Å². The number of thiophene rings is 2. The first-order valence-corrected chi connectivity index (χ1v) is 14.0. The fourth-order valence-corrected chi connectivity index (χ4v) is 6.28. The Bertz CT molecular complexity index is 1140. The lowest BCUT2D eigenvalue weighted by molar-refractivity contribution is -0.169. The lowest BCUT2D eigenvalue weighted by Crippen LogP contribution is -2.42. The molecule has 0 bridgehead atoms. The number of halogens is 1. The van der Waals surface area contributed by atoms with Gasteiger partial charge in [0, 0.05) is 19.0 Å². The van der Waals surface area contributed by atoms with E-state index < -0.39 is 17.4 Å². The van der Waals surface area contributed by atoms with Crippen molar-refractivity contribution >= 4 is 40.2 Å². The molecular weight excluding hydrogens is 515 g/mol. The molecule has 1 aromatic carbocycles. The highest BCUT2D eigenvalue weighted by molar-refractivity contribution is 7.12. The summed E-state index contributed by atoms with van der Waals surface area (Å²) in [7, 11) is 1.95. The van der Waals surface area contributed by atoms with Gasteiger partial charge in [0.25, 0.3) is 0 Å². The van der Waals surface area contributed by atoms with Gasteiger partial charge in [-0.1, -0.05) is 18.2 Å². The molecule has 1 amide bonds. The molecule has 3 aromatic rings. The summed E-state index contributed by atoms with van der Waals surface area (Å²) in [5, 5.41) is 26.7. The van der Waals surface area contributed by atoms with Crippen LogP contribution in [-0.2, 0) is 26.5 Å². The molecule has 7 nitrogen and oxygen atoms in total. The number of carbonyl (C=O) groups is 2. The van der Waals surface area contributed by atoms with Crippen LogP contribution in [0.25, 0.3) is 0 Å². The first kappa shape index (κ1) is 27.4. The van der Waals surface area contributed by atoms with E-state index in [9.17, 15) is 19.1 Å². The monoisotopic (exact) mass is 546 g/mol. The van der Waals surface area contributed by atoms with Crippen molar-refractivity contribution in [3.05, 3.63) is 74.4 Å². The summed E-state index contributed by atoms with van der Waals surface area (Å²) in [6.07, 6.45) is 2.85. The van der Waals surface area contributed by atoms with E-state index >= 15 is 0 Å². The number of carbonyl (C=O) groups excluding carboxylic acids is 2. The van der Waals surface area contributed by atoms with Gasteiger partial charge < -0.3 is 25.2 Å². The smallest absolute Gasteiger partial charge is 0.349 e. The van der Waals surface area contributed by atoms with Gasteiger partial charge in [-0.15, -0.1) is 22.7 Å². The zero-order valence-electron chi connectivity index (χ0n) is 20.6. The third kappa shape index (κ3) is 6.45. The normalized spacial score (nSPS) is 18.1. The molecule has 1 aliphatic carbocycles. The first-order valence-electron chi connectivity index (χ1n) is 12.2. The number of nitrogens with one attached hydrogen (secondary N) is 1. The molecule has 37 heavy (non-hydrogen) atoms. The highest BCUT2D eigenvalue weighted by Gasteiger charge is 2.45. The number of benzene rings is 1. The van der Waals surface area contributed by atoms with Crippen LogP contribution in [0.4, 0.5) is 10.1 Å². The van der Waals surface area contributed by atoms with Crippen LogP contribution in [-0.4, -0.2) is 52.7 Å². The van der Waals surface area contributed by atoms with Crippen LogP contribution in [0, 0.1) is 5.82 Å².